The van der Waals surface area contributed by atoms with Crippen molar-refractivity contribution in [3.8, 4) is 5.75 Å². The molecule has 2 aromatic carbocycles. The summed E-state index contributed by atoms with van der Waals surface area (Å²) >= 11 is 0. The van der Waals surface area contributed by atoms with Crippen LogP contribution in [0, 0.1) is 24.4 Å². The van der Waals surface area contributed by atoms with Crippen LogP contribution in [-0.4, -0.2) is 43.6 Å². The Labute approximate surface area is 149 Å². The van der Waals surface area contributed by atoms with Gasteiger partial charge in [-0.15, -0.1) is 0 Å². The molecule has 0 aliphatic carbocycles. The van der Waals surface area contributed by atoms with Gasteiger partial charge in [-0.3, -0.25) is 4.79 Å². The Bertz CT molecular complexity index is 788. The van der Waals surface area contributed by atoms with Gasteiger partial charge in [-0.25, -0.2) is 13.2 Å². The standard InChI is InChI=1S/C19H19F3N2O2/c1-13-2-4-14(5-3-13)26-12-17(25)24-10-8-23(9-11-24)16-7-6-15(20)18(21)19(16)22/h2-7H,8-12H2,1H3. The van der Waals surface area contributed by atoms with E-state index in [0.717, 1.165) is 11.6 Å². The maximum absolute atomic E-state index is 13.9. The van der Waals surface area contributed by atoms with Gasteiger partial charge in [0.1, 0.15) is 5.75 Å². The lowest BCUT2D eigenvalue weighted by Crippen LogP contribution is -2.50. The molecular weight excluding hydrogens is 345 g/mol. The largest absolute Gasteiger partial charge is 0.484 e. The lowest BCUT2D eigenvalue weighted by atomic mass is 10.2. The van der Waals surface area contributed by atoms with Crippen molar-refractivity contribution in [1.82, 2.24) is 4.90 Å². The molecule has 1 aliphatic rings. The summed E-state index contributed by atoms with van der Waals surface area (Å²) in [5, 5.41) is 0. The molecule has 0 spiro atoms. The van der Waals surface area contributed by atoms with E-state index in [-0.39, 0.29) is 18.2 Å². The monoisotopic (exact) mass is 364 g/mol. The molecule has 138 valence electrons. The highest BCUT2D eigenvalue weighted by Gasteiger charge is 2.25. The maximum Gasteiger partial charge on any atom is 0.260 e. The number of aryl methyl sites for hydroxylation is 1. The molecule has 1 amide bonds. The van der Waals surface area contributed by atoms with Crippen LogP contribution in [0.25, 0.3) is 0 Å². The molecule has 26 heavy (non-hydrogen) atoms. The normalized spacial score (nSPS) is 14.5. The number of nitrogens with zero attached hydrogens (tertiary/aromatic N) is 2. The second-order valence-electron chi connectivity index (χ2n) is 6.16. The van der Waals surface area contributed by atoms with Crippen molar-refractivity contribution in [2.75, 3.05) is 37.7 Å². The van der Waals surface area contributed by atoms with Crippen LogP contribution in [0.3, 0.4) is 0 Å². The van der Waals surface area contributed by atoms with E-state index in [0.29, 0.717) is 31.9 Å². The summed E-state index contributed by atoms with van der Waals surface area (Å²) in [6, 6.07) is 9.51. The van der Waals surface area contributed by atoms with Gasteiger partial charge in [-0.1, -0.05) is 17.7 Å². The molecule has 0 bridgehead atoms. The highest BCUT2D eigenvalue weighted by molar-refractivity contribution is 5.78. The topological polar surface area (TPSA) is 32.8 Å². The fraction of sp³-hybridized carbons (Fsp3) is 0.316. The smallest absolute Gasteiger partial charge is 0.260 e. The molecule has 1 saturated heterocycles. The summed E-state index contributed by atoms with van der Waals surface area (Å²) in [7, 11) is 0. The lowest BCUT2D eigenvalue weighted by molar-refractivity contribution is -0.133. The van der Waals surface area contributed by atoms with E-state index in [4.69, 9.17) is 4.74 Å². The molecule has 0 unspecified atom stereocenters. The SMILES string of the molecule is Cc1ccc(OCC(=O)N2CCN(c3ccc(F)c(F)c3F)CC2)cc1. The number of piperazine rings is 1. The van der Waals surface area contributed by atoms with Crippen molar-refractivity contribution in [1.29, 1.82) is 0 Å². The van der Waals surface area contributed by atoms with Gasteiger partial charge in [-0.2, -0.15) is 0 Å². The molecule has 0 N–H and O–H groups in total. The van der Waals surface area contributed by atoms with Gasteiger partial charge in [0.2, 0.25) is 0 Å². The molecule has 0 aromatic heterocycles. The predicted octanol–water partition coefficient (Wildman–Crippen LogP) is 3.14. The predicted molar refractivity (Wildman–Crippen MR) is 91.8 cm³/mol. The molecule has 0 saturated carbocycles. The van der Waals surface area contributed by atoms with Gasteiger partial charge >= 0.3 is 0 Å². The van der Waals surface area contributed by atoms with Crippen LogP contribution in [0.2, 0.25) is 0 Å². The Kier molecular flexibility index (Phi) is 5.35. The van der Waals surface area contributed by atoms with E-state index < -0.39 is 17.5 Å². The minimum Gasteiger partial charge on any atom is -0.484 e. The van der Waals surface area contributed by atoms with E-state index >= 15 is 0 Å². The summed E-state index contributed by atoms with van der Waals surface area (Å²) in [6.45, 7) is 3.26. The highest BCUT2D eigenvalue weighted by atomic mass is 19.2. The Balaban J connectivity index is 1.54. The number of hydrogen-bond acceptors (Lipinski definition) is 3. The van der Waals surface area contributed by atoms with Gasteiger partial charge in [0.25, 0.3) is 5.91 Å². The van der Waals surface area contributed by atoms with Gasteiger partial charge in [0.15, 0.2) is 24.1 Å². The summed E-state index contributed by atoms with van der Waals surface area (Å²) in [5.41, 5.74) is 1.11. The van der Waals surface area contributed by atoms with Gasteiger partial charge < -0.3 is 14.5 Å². The first kappa shape index (κ1) is 18.1. The summed E-state index contributed by atoms with van der Waals surface area (Å²) < 4.78 is 45.8. The second kappa shape index (κ2) is 7.68. The van der Waals surface area contributed by atoms with Gasteiger partial charge in [-0.05, 0) is 31.2 Å². The van der Waals surface area contributed by atoms with E-state index in [1.807, 2.05) is 19.1 Å². The quantitative estimate of drug-likeness (QED) is 0.782. The zero-order valence-corrected chi connectivity index (χ0v) is 14.3. The van der Waals surface area contributed by atoms with Crippen molar-refractivity contribution in [3.05, 3.63) is 59.4 Å². The summed E-state index contributed by atoms with van der Waals surface area (Å²) in [4.78, 5) is 15.5. The third-order valence-electron chi connectivity index (χ3n) is 4.37. The minimum atomic E-state index is -1.48. The molecule has 1 fully saturated rings. The minimum absolute atomic E-state index is 0.00639. The molecular formula is C19H19F3N2O2. The molecule has 1 aliphatic heterocycles. The van der Waals surface area contributed by atoms with Crippen LogP contribution >= 0.6 is 0 Å². The number of anilines is 1. The van der Waals surface area contributed by atoms with Crippen molar-refractivity contribution < 1.29 is 22.7 Å². The fourth-order valence-electron chi connectivity index (χ4n) is 2.83. The van der Waals surface area contributed by atoms with Crippen molar-refractivity contribution in [3.63, 3.8) is 0 Å². The van der Waals surface area contributed by atoms with Gasteiger partial charge in [0, 0.05) is 26.2 Å². The number of halogens is 3. The zero-order chi connectivity index (χ0) is 18.7. The Hall–Kier alpha value is -2.70. The molecule has 7 heteroatoms. The fourth-order valence-corrected chi connectivity index (χ4v) is 2.83. The molecule has 1 heterocycles. The van der Waals surface area contributed by atoms with E-state index in [1.165, 1.54) is 6.07 Å². The van der Waals surface area contributed by atoms with Crippen LogP contribution in [0.4, 0.5) is 18.9 Å². The number of ether oxygens (including phenoxy) is 1. The molecule has 0 atom stereocenters. The Morgan fingerprint density at radius 2 is 1.62 bits per heavy atom. The lowest BCUT2D eigenvalue weighted by Gasteiger charge is -2.36. The van der Waals surface area contributed by atoms with Crippen molar-refractivity contribution in [2.45, 2.75) is 6.92 Å². The van der Waals surface area contributed by atoms with Crippen LogP contribution < -0.4 is 9.64 Å². The van der Waals surface area contributed by atoms with Crippen molar-refractivity contribution >= 4 is 11.6 Å². The average Bonchev–Trinajstić information content (AvgIpc) is 2.66. The number of amides is 1. The number of carbonyl (C=O) groups is 1. The first-order valence-electron chi connectivity index (χ1n) is 8.31. The third-order valence-corrected chi connectivity index (χ3v) is 4.37. The number of hydrogen-bond donors (Lipinski definition) is 0. The number of rotatable bonds is 4. The first-order valence-corrected chi connectivity index (χ1v) is 8.31. The summed E-state index contributed by atoms with van der Waals surface area (Å²) in [6.07, 6.45) is 0. The Morgan fingerprint density at radius 1 is 0.962 bits per heavy atom. The summed E-state index contributed by atoms with van der Waals surface area (Å²) in [5.74, 6) is -3.45. The van der Waals surface area contributed by atoms with Crippen molar-refractivity contribution in [2.24, 2.45) is 0 Å². The molecule has 4 nitrogen and oxygen atoms in total. The van der Waals surface area contributed by atoms with E-state index in [1.54, 1.807) is 21.9 Å². The first-order chi connectivity index (χ1) is 12.5. The van der Waals surface area contributed by atoms with Crippen LogP contribution in [0.1, 0.15) is 5.56 Å². The van der Waals surface area contributed by atoms with E-state index in [9.17, 15) is 18.0 Å². The molecule has 3 rings (SSSR count). The maximum atomic E-state index is 13.9. The van der Waals surface area contributed by atoms with Crippen LogP contribution in [0.5, 0.6) is 5.75 Å². The molecule has 2 aromatic rings. The zero-order valence-electron chi connectivity index (χ0n) is 14.3. The van der Waals surface area contributed by atoms with Gasteiger partial charge in [0.05, 0.1) is 5.69 Å². The average molecular weight is 364 g/mol. The second-order valence-corrected chi connectivity index (χ2v) is 6.16. The third kappa shape index (κ3) is 3.92. The number of benzene rings is 2. The number of carbonyl (C=O) groups excluding carboxylic acids is 1. The Morgan fingerprint density at radius 3 is 2.27 bits per heavy atom. The highest BCUT2D eigenvalue weighted by Crippen LogP contribution is 2.24. The van der Waals surface area contributed by atoms with Crippen LogP contribution in [0.15, 0.2) is 36.4 Å². The van der Waals surface area contributed by atoms with Crippen LogP contribution in [-0.2, 0) is 4.79 Å². The molecule has 0 radical (unpaired) electrons. The van der Waals surface area contributed by atoms with E-state index in [2.05, 4.69) is 0 Å².